The topological polar surface area (TPSA) is 18.5 Å². The molecule has 3 atom stereocenters. The molecule has 3 rings (SSSR count). The number of rotatable bonds is 4. The van der Waals surface area contributed by atoms with Gasteiger partial charge in [-0.25, -0.2) is 0 Å². The fourth-order valence-electron chi connectivity index (χ4n) is 4.21. The molecule has 3 fully saturated rings. The van der Waals surface area contributed by atoms with Crippen molar-refractivity contribution in [3.8, 4) is 0 Å². The van der Waals surface area contributed by atoms with Gasteiger partial charge in [-0.05, 0) is 57.3 Å². The summed E-state index contributed by atoms with van der Waals surface area (Å²) in [5.74, 6) is 1.89. The lowest BCUT2D eigenvalue weighted by atomic mass is 9.93. The van der Waals surface area contributed by atoms with Crippen molar-refractivity contribution in [1.82, 2.24) is 15.1 Å². The van der Waals surface area contributed by atoms with Crippen LogP contribution in [0.1, 0.15) is 26.2 Å². The van der Waals surface area contributed by atoms with Crippen molar-refractivity contribution < 1.29 is 0 Å². The number of nitrogens with zero attached hydrogens (tertiary/aromatic N) is 2. The van der Waals surface area contributed by atoms with Crippen molar-refractivity contribution in [3.05, 3.63) is 0 Å². The van der Waals surface area contributed by atoms with Crippen LogP contribution in [0.15, 0.2) is 0 Å². The monoisotopic (exact) mass is 237 g/mol. The van der Waals surface area contributed by atoms with E-state index < -0.39 is 0 Å². The molecule has 3 aliphatic rings. The second-order valence-corrected chi connectivity index (χ2v) is 6.10. The Morgan fingerprint density at radius 3 is 2.71 bits per heavy atom. The Morgan fingerprint density at radius 1 is 1.12 bits per heavy atom. The van der Waals surface area contributed by atoms with Crippen molar-refractivity contribution in [2.45, 2.75) is 32.2 Å². The molecule has 1 N–H and O–H groups in total. The third-order valence-electron chi connectivity index (χ3n) is 5.14. The van der Waals surface area contributed by atoms with E-state index in [0.29, 0.717) is 0 Å². The van der Waals surface area contributed by atoms with Gasteiger partial charge in [-0.1, -0.05) is 6.92 Å². The minimum Gasteiger partial charge on any atom is -0.316 e. The minimum atomic E-state index is 0.859. The van der Waals surface area contributed by atoms with E-state index >= 15 is 0 Å². The molecule has 98 valence electrons. The fourth-order valence-corrected chi connectivity index (χ4v) is 4.21. The summed E-state index contributed by atoms with van der Waals surface area (Å²) in [6.45, 7) is 11.6. The molecule has 0 radical (unpaired) electrons. The lowest BCUT2D eigenvalue weighted by molar-refractivity contribution is 0.188. The molecule has 3 heteroatoms. The van der Waals surface area contributed by atoms with Crippen LogP contribution in [0, 0.1) is 11.8 Å². The van der Waals surface area contributed by atoms with Gasteiger partial charge >= 0.3 is 0 Å². The van der Waals surface area contributed by atoms with E-state index in [1.807, 2.05) is 0 Å². The summed E-state index contributed by atoms with van der Waals surface area (Å²) >= 11 is 0. The molecule has 0 aliphatic carbocycles. The number of fused-ring (bicyclic) bond motifs is 1. The van der Waals surface area contributed by atoms with E-state index in [1.165, 1.54) is 65.1 Å². The van der Waals surface area contributed by atoms with Crippen molar-refractivity contribution >= 4 is 0 Å². The molecule has 0 aromatic heterocycles. The quantitative estimate of drug-likeness (QED) is 0.787. The van der Waals surface area contributed by atoms with Crippen molar-refractivity contribution in [3.63, 3.8) is 0 Å². The maximum atomic E-state index is 3.57. The van der Waals surface area contributed by atoms with Gasteiger partial charge in [-0.2, -0.15) is 0 Å². The zero-order valence-electron chi connectivity index (χ0n) is 11.2. The van der Waals surface area contributed by atoms with Crippen LogP contribution in [-0.4, -0.2) is 61.7 Å². The number of likely N-dealkylation sites (tertiary alicyclic amines) is 2. The van der Waals surface area contributed by atoms with Crippen molar-refractivity contribution in [2.24, 2.45) is 11.8 Å². The van der Waals surface area contributed by atoms with Crippen LogP contribution < -0.4 is 5.32 Å². The van der Waals surface area contributed by atoms with E-state index in [4.69, 9.17) is 0 Å². The Bertz CT molecular complexity index is 250. The molecule has 3 saturated heterocycles. The molecule has 0 spiro atoms. The van der Waals surface area contributed by atoms with Gasteiger partial charge in [0.2, 0.25) is 0 Å². The molecule has 17 heavy (non-hydrogen) atoms. The largest absolute Gasteiger partial charge is 0.316 e. The van der Waals surface area contributed by atoms with Crippen LogP contribution in [-0.2, 0) is 0 Å². The SMILES string of the molecule is CCC1C2CNCC2CN1CCN1CCCC1. The van der Waals surface area contributed by atoms with Crippen LogP contribution in [0.4, 0.5) is 0 Å². The highest BCUT2D eigenvalue weighted by Gasteiger charge is 2.42. The summed E-state index contributed by atoms with van der Waals surface area (Å²) in [7, 11) is 0. The summed E-state index contributed by atoms with van der Waals surface area (Å²) in [5.41, 5.74) is 0. The first-order valence-electron chi connectivity index (χ1n) is 7.55. The van der Waals surface area contributed by atoms with Gasteiger partial charge in [0.15, 0.2) is 0 Å². The first kappa shape index (κ1) is 11.9. The molecule has 0 amide bonds. The van der Waals surface area contributed by atoms with E-state index in [1.54, 1.807) is 0 Å². The third-order valence-corrected chi connectivity index (χ3v) is 5.14. The second kappa shape index (κ2) is 5.25. The molecular weight excluding hydrogens is 210 g/mol. The molecule has 0 saturated carbocycles. The molecule has 0 aromatic carbocycles. The predicted octanol–water partition coefficient (Wildman–Crippen LogP) is 1.01. The Hall–Kier alpha value is -0.120. The Labute approximate surface area is 106 Å². The van der Waals surface area contributed by atoms with Crippen LogP contribution in [0.5, 0.6) is 0 Å². The number of hydrogen-bond acceptors (Lipinski definition) is 3. The lowest BCUT2D eigenvalue weighted by Gasteiger charge is -2.28. The molecule has 3 unspecified atom stereocenters. The van der Waals surface area contributed by atoms with Crippen molar-refractivity contribution in [1.29, 1.82) is 0 Å². The third kappa shape index (κ3) is 2.38. The van der Waals surface area contributed by atoms with Crippen LogP contribution >= 0.6 is 0 Å². The smallest absolute Gasteiger partial charge is 0.0137 e. The first-order valence-corrected chi connectivity index (χ1v) is 7.55. The summed E-state index contributed by atoms with van der Waals surface area (Å²) < 4.78 is 0. The Kier molecular flexibility index (Phi) is 3.69. The zero-order chi connectivity index (χ0) is 11.7. The second-order valence-electron chi connectivity index (χ2n) is 6.10. The standard InChI is InChI=1S/C14H27N3/c1-2-14-13-10-15-9-12(13)11-17(14)8-7-16-5-3-4-6-16/h12-15H,2-11H2,1H3. The van der Waals surface area contributed by atoms with Gasteiger partial charge in [0.25, 0.3) is 0 Å². The molecule has 3 heterocycles. The average molecular weight is 237 g/mol. The van der Waals surface area contributed by atoms with Gasteiger partial charge in [-0.3, -0.25) is 4.90 Å². The van der Waals surface area contributed by atoms with Gasteiger partial charge < -0.3 is 10.2 Å². The summed E-state index contributed by atoms with van der Waals surface area (Å²) in [4.78, 5) is 5.44. The molecule has 3 nitrogen and oxygen atoms in total. The highest BCUT2D eigenvalue weighted by molar-refractivity contribution is 4.98. The van der Waals surface area contributed by atoms with E-state index in [9.17, 15) is 0 Å². The Morgan fingerprint density at radius 2 is 1.94 bits per heavy atom. The average Bonchev–Trinajstić information content (AvgIpc) is 3.02. The summed E-state index contributed by atoms with van der Waals surface area (Å²) in [6.07, 6.45) is 4.18. The number of nitrogens with one attached hydrogen (secondary N) is 1. The highest BCUT2D eigenvalue weighted by Crippen LogP contribution is 2.33. The van der Waals surface area contributed by atoms with E-state index in [0.717, 1.165) is 17.9 Å². The van der Waals surface area contributed by atoms with Crippen LogP contribution in [0.25, 0.3) is 0 Å². The fraction of sp³-hybridized carbons (Fsp3) is 1.00. The van der Waals surface area contributed by atoms with Gasteiger partial charge in [0, 0.05) is 25.7 Å². The maximum absolute atomic E-state index is 3.57. The molecule has 0 aromatic rings. The first-order chi connectivity index (χ1) is 8.38. The highest BCUT2D eigenvalue weighted by atomic mass is 15.2. The molecule has 3 aliphatic heterocycles. The lowest BCUT2D eigenvalue weighted by Crippen LogP contribution is -2.39. The molecule has 0 bridgehead atoms. The van der Waals surface area contributed by atoms with E-state index in [-0.39, 0.29) is 0 Å². The van der Waals surface area contributed by atoms with Gasteiger partial charge in [0.1, 0.15) is 0 Å². The van der Waals surface area contributed by atoms with Gasteiger partial charge in [0.05, 0.1) is 0 Å². The predicted molar refractivity (Wildman–Crippen MR) is 71.2 cm³/mol. The van der Waals surface area contributed by atoms with Crippen LogP contribution in [0.2, 0.25) is 0 Å². The van der Waals surface area contributed by atoms with Crippen LogP contribution in [0.3, 0.4) is 0 Å². The van der Waals surface area contributed by atoms with Crippen molar-refractivity contribution in [2.75, 3.05) is 45.8 Å². The van der Waals surface area contributed by atoms with E-state index in [2.05, 4.69) is 22.0 Å². The molecular formula is C14H27N3. The summed E-state index contributed by atoms with van der Waals surface area (Å²) in [6, 6.07) is 0.859. The normalized spacial score (nSPS) is 39.0. The number of hydrogen-bond donors (Lipinski definition) is 1. The summed E-state index contributed by atoms with van der Waals surface area (Å²) in [5, 5.41) is 3.57. The maximum Gasteiger partial charge on any atom is 0.0137 e. The van der Waals surface area contributed by atoms with Gasteiger partial charge in [-0.15, -0.1) is 0 Å². The Balaban J connectivity index is 1.52. The zero-order valence-corrected chi connectivity index (χ0v) is 11.2. The minimum absolute atomic E-state index is 0.859.